The summed E-state index contributed by atoms with van der Waals surface area (Å²) in [5.74, 6) is -0.319. The van der Waals surface area contributed by atoms with Gasteiger partial charge in [-0.25, -0.2) is 0 Å². The van der Waals surface area contributed by atoms with Gasteiger partial charge in [-0.05, 0) is 32.1 Å². The number of hydrogen-bond acceptors (Lipinski definition) is 9. The first-order chi connectivity index (χ1) is 21.9. The van der Waals surface area contributed by atoms with Crippen LogP contribution in [0, 0.1) is 0 Å². The highest BCUT2D eigenvalue weighted by atomic mass is 16.7. The first kappa shape index (κ1) is 42.0. The lowest BCUT2D eigenvalue weighted by Crippen LogP contribution is -2.59. The van der Waals surface area contributed by atoms with Gasteiger partial charge < -0.3 is 39.4 Å². The van der Waals surface area contributed by atoms with Crippen LogP contribution in [0.15, 0.2) is 12.2 Å². The highest BCUT2D eigenvalue weighted by Gasteiger charge is 2.44. The number of aliphatic hydroxyl groups is 4. The predicted octanol–water partition coefficient (Wildman–Crippen LogP) is 6.52. The Morgan fingerprint density at radius 1 is 0.689 bits per heavy atom. The van der Waals surface area contributed by atoms with Crippen LogP contribution in [-0.2, 0) is 23.7 Å². The number of ether oxygens (including phenoxy) is 4. The van der Waals surface area contributed by atoms with Crippen LogP contribution < -0.4 is 0 Å². The Labute approximate surface area is 274 Å². The van der Waals surface area contributed by atoms with Crippen molar-refractivity contribution in [3.8, 4) is 0 Å². The number of unbranched alkanes of at least 4 members (excludes halogenated alkanes) is 17. The molecule has 0 radical (unpaired) electrons. The second-order valence-electron chi connectivity index (χ2n) is 12.7. The normalized spacial score (nSPS) is 22.7. The Hall–Kier alpha value is -1.07. The van der Waals surface area contributed by atoms with Gasteiger partial charge in [0, 0.05) is 13.0 Å². The van der Waals surface area contributed by atoms with E-state index in [1.54, 1.807) is 0 Å². The van der Waals surface area contributed by atoms with E-state index in [4.69, 9.17) is 18.9 Å². The average molecular weight is 645 g/mol. The molecule has 1 aliphatic heterocycles. The smallest absolute Gasteiger partial charge is 0.306 e. The van der Waals surface area contributed by atoms with E-state index in [0.29, 0.717) is 13.0 Å². The SMILES string of the molecule is CCCC/C=C\CCCCCCCCOCC(COC1OC(CO)C(O)C(O)C1O)OC(=O)CCCCCCCCCCCC. The first-order valence-electron chi connectivity index (χ1n) is 18.3. The quantitative estimate of drug-likeness (QED) is 0.0392. The number of allylic oxidation sites excluding steroid dienone is 2. The van der Waals surface area contributed by atoms with Crippen molar-refractivity contribution in [1.29, 1.82) is 0 Å². The third-order valence-electron chi connectivity index (χ3n) is 8.43. The fourth-order valence-electron chi connectivity index (χ4n) is 5.47. The summed E-state index contributed by atoms with van der Waals surface area (Å²) in [4.78, 5) is 12.6. The number of rotatable bonds is 30. The van der Waals surface area contributed by atoms with Gasteiger partial charge in [-0.2, -0.15) is 0 Å². The maximum absolute atomic E-state index is 12.6. The molecular formula is C36H68O9. The van der Waals surface area contributed by atoms with E-state index in [1.165, 1.54) is 89.9 Å². The number of carbonyl (C=O) groups is 1. The van der Waals surface area contributed by atoms with E-state index in [0.717, 1.165) is 38.5 Å². The maximum Gasteiger partial charge on any atom is 0.306 e. The van der Waals surface area contributed by atoms with E-state index in [-0.39, 0.29) is 19.2 Å². The highest BCUT2D eigenvalue weighted by Crippen LogP contribution is 2.22. The molecule has 45 heavy (non-hydrogen) atoms. The molecule has 1 aliphatic rings. The minimum absolute atomic E-state index is 0.112. The van der Waals surface area contributed by atoms with Gasteiger partial charge in [-0.15, -0.1) is 0 Å². The van der Waals surface area contributed by atoms with Crippen LogP contribution in [0.2, 0.25) is 0 Å². The Balaban J connectivity index is 2.36. The predicted molar refractivity (Wildman–Crippen MR) is 178 cm³/mol. The van der Waals surface area contributed by atoms with Crippen LogP contribution >= 0.6 is 0 Å². The fourth-order valence-corrected chi connectivity index (χ4v) is 5.47. The molecule has 1 saturated heterocycles. The van der Waals surface area contributed by atoms with E-state index >= 15 is 0 Å². The van der Waals surface area contributed by atoms with Crippen molar-refractivity contribution in [2.45, 2.75) is 185 Å². The number of carbonyl (C=O) groups excluding carboxylic acids is 1. The maximum atomic E-state index is 12.6. The second kappa shape index (κ2) is 29.1. The average Bonchev–Trinajstić information content (AvgIpc) is 3.04. The molecule has 9 heteroatoms. The molecule has 6 atom stereocenters. The molecule has 0 spiro atoms. The topological polar surface area (TPSA) is 135 Å². The summed E-state index contributed by atoms with van der Waals surface area (Å²) < 4.78 is 22.6. The van der Waals surface area contributed by atoms with Gasteiger partial charge in [0.2, 0.25) is 0 Å². The third-order valence-corrected chi connectivity index (χ3v) is 8.43. The van der Waals surface area contributed by atoms with Crippen molar-refractivity contribution in [2.24, 2.45) is 0 Å². The molecule has 0 bridgehead atoms. The molecule has 6 unspecified atom stereocenters. The summed E-state index contributed by atoms with van der Waals surface area (Å²) in [7, 11) is 0. The van der Waals surface area contributed by atoms with E-state index < -0.39 is 43.4 Å². The monoisotopic (exact) mass is 644 g/mol. The molecule has 0 saturated carbocycles. The third kappa shape index (κ3) is 21.4. The summed E-state index contributed by atoms with van der Waals surface area (Å²) in [6, 6.07) is 0. The van der Waals surface area contributed by atoms with Gasteiger partial charge in [-0.1, -0.05) is 122 Å². The Kier molecular flexibility index (Phi) is 27.1. The minimum atomic E-state index is -1.53. The molecular weight excluding hydrogens is 576 g/mol. The zero-order valence-corrected chi connectivity index (χ0v) is 28.6. The van der Waals surface area contributed by atoms with Crippen LogP contribution in [0.25, 0.3) is 0 Å². The van der Waals surface area contributed by atoms with Crippen molar-refractivity contribution >= 4 is 5.97 Å². The zero-order valence-electron chi connectivity index (χ0n) is 28.6. The Bertz CT molecular complexity index is 702. The molecule has 0 aromatic carbocycles. The Morgan fingerprint density at radius 2 is 1.24 bits per heavy atom. The zero-order chi connectivity index (χ0) is 33.0. The lowest BCUT2D eigenvalue weighted by Gasteiger charge is -2.39. The molecule has 1 fully saturated rings. The van der Waals surface area contributed by atoms with Crippen molar-refractivity contribution in [2.75, 3.05) is 26.4 Å². The van der Waals surface area contributed by atoms with Crippen molar-refractivity contribution in [3.63, 3.8) is 0 Å². The van der Waals surface area contributed by atoms with E-state index in [9.17, 15) is 25.2 Å². The lowest BCUT2D eigenvalue weighted by atomic mass is 9.99. The summed E-state index contributed by atoms with van der Waals surface area (Å²) in [5.41, 5.74) is 0. The number of esters is 1. The van der Waals surface area contributed by atoms with Crippen LogP contribution in [0.4, 0.5) is 0 Å². The van der Waals surface area contributed by atoms with Crippen LogP contribution in [0.5, 0.6) is 0 Å². The van der Waals surface area contributed by atoms with E-state index in [2.05, 4.69) is 26.0 Å². The van der Waals surface area contributed by atoms with Gasteiger partial charge in [-0.3, -0.25) is 4.79 Å². The molecule has 0 aromatic heterocycles. The molecule has 9 nitrogen and oxygen atoms in total. The number of aliphatic hydroxyl groups excluding tert-OH is 4. The van der Waals surface area contributed by atoms with Gasteiger partial charge in [0.05, 0.1) is 19.8 Å². The number of hydrogen-bond donors (Lipinski definition) is 4. The summed E-state index contributed by atoms with van der Waals surface area (Å²) >= 11 is 0. The van der Waals surface area contributed by atoms with Crippen LogP contribution in [0.1, 0.15) is 149 Å². The van der Waals surface area contributed by atoms with Crippen LogP contribution in [-0.4, -0.2) is 89.6 Å². The molecule has 1 heterocycles. The minimum Gasteiger partial charge on any atom is -0.457 e. The highest BCUT2D eigenvalue weighted by molar-refractivity contribution is 5.69. The largest absolute Gasteiger partial charge is 0.457 e. The molecule has 0 amide bonds. The first-order valence-corrected chi connectivity index (χ1v) is 18.3. The molecule has 1 rings (SSSR count). The summed E-state index contributed by atoms with van der Waals surface area (Å²) in [6.07, 6.45) is 20.9. The Morgan fingerprint density at radius 3 is 1.87 bits per heavy atom. The second-order valence-corrected chi connectivity index (χ2v) is 12.7. The van der Waals surface area contributed by atoms with Crippen molar-refractivity contribution < 1.29 is 44.2 Å². The fraction of sp³-hybridized carbons (Fsp3) is 0.917. The van der Waals surface area contributed by atoms with Gasteiger partial charge in [0.25, 0.3) is 0 Å². The van der Waals surface area contributed by atoms with Gasteiger partial charge in [0.15, 0.2) is 6.29 Å². The molecule has 0 aromatic rings. The van der Waals surface area contributed by atoms with Crippen molar-refractivity contribution in [3.05, 3.63) is 12.2 Å². The molecule has 0 aliphatic carbocycles. The van der Waals surface area contributed by atoms with E-state index in [1.807, 2.05) is 0 Å². The van der Waals surface area contributed by atoms with Gasteiger partial charge >= 0.3 is 5.97 Å². The van der Waals surface area contributed by atoms with Gasteiger partial charge in [0.1, 0.15) is 30.5 Å². The standard InChI is InChI=1S/C36H68O9/c1-3-5-7-9-11-13-15-16-18-20-22-24-26-42-28-30(29-43-36-35(41)34(40)33(39)31(27-37)45-36)44-32(38)25-23-21-19-17-14-12-10-8-6-4-2/h9,11,30-31,33-37,39-41H,3-8,10,12-29H2,1-2H3/b11-9-. The molecule has 4 N–H and O–H groups in total. The van der Waals surface area contributed by atoms with Crippen molar-refractivity contribution in [1.82, 2.24) is 0 Å². The summed E-state index contributed by atoms with van der Waals surface area (Å²) in [6.45, 7) is 4.49. The molecule has 266 valence electrons. The summed E-state index contributed by atoms with van der Waals surface area (Å²) in [5, 5.41) is 39.8. The van der Waals surface area contributed by atoms with Crippen LogP contribution in [0.3, 0.4) is 0 Å². The lowest BCUT2D eigenvalue weighted by molar-refractivity contribution is -0.305.